The number of nitrogens with zero attached hydrogens (tertiary/aromatic N) is 3. The Morgan fingerprint density at radius 2 is 1.94 bits per heavy atom. The molecule has 4 rings (SSSR count). The Balaban J connectivity index is 1.50. The molecule has 1 amide bonds. The highest BCUT2D eigenvalue weighted by Crippen LogP contribution is 2.30. The normalized spacial score (nSPS) is 13.6. The molecule has 0 saturated heterocycles. The molecule has 1 aliphatic rings. The van der Waals surface area contributed by atoms with Crippen LogP contribution in [0.5, 0.6) is 0 Å². The molecule has 0 fully saturated rings. The third-order valence-corrected chi connectivity index (χ3v) is 5.92. The van der Waals surface area contributed by atoms with Crippen molar-refractivity contribution in [3.8, 4) is 11.3 Å². The molecule has 0 spiro atoms. The van der Waals surface area contributed by atoms with E-state index in [1.165, 1.54) is 11.1 Å². The molecule has 32 heavy (non-hydrogen) atoms. The predicted molar refractivity (Wildman–Crippen MR) is 133 cm³/mol. The Morgan fingerprint density at radius 3 is 2.66 bits per heavy atom. The average molecular weight is 446 g/mol. The highest BCUT2D eigenvalue weighted by atomic mass is 35.5. The van der Waals surface area contributed by atoms with E-state index in [9.17, 15) is 4.79 Å². The Kier molecular flexibility index (Phi) is 7.03. The van der Waals surface area contributed by atoms with Crippen LogP contribution in [0.1, 0.15) is 34.3 Å². The summed E-state index contributed by atoms with van der Waals surface area (Å²) in [6, 6.07) is 17.7. The number of benzene rings is 2. The van der Waals surface area contributed by atoms with E-state index in [1.54, 1.807) is 6.20 Å². The van der Waals surface area contributed by atoms with Gasteiger partial charge in [-0.05, 0) is 80.9 Å². The Labute approximate surface area is 195 Å². The number of halogens is 1. The van der Waals surface area contributed by atoms with E-state index in [2.05, 4.69) is 54.3 Å². The van der Waals surface area contributed by atoms with Crippen molar-refractivity contribution >= 4 is 29.3 Å². The number of aromatic nitrogens is 1. The summed E-state index contributed by atoms with van der Waals surface area (Å²) in [6.07, 6.45) is 9.02. The van der Waals surface area contributed by atoms with Crippen LogP contribution >= 0.6 is 11.6 Å². The number of aryl methyl sites for hydroxylation is 1. The summed E-state index contributed by atoms with van der Waals surface area (Å²) in [4.78, 5) is 21.8. The number of amides is 1. The molecule has 0 atom stereocenters. The number of anilines is 1. The Hall–Kier alpha value is -2.95. The molecule has 2 aromatic carbocycles. The van der Waals surface area contributed by atoms with Crippen molar-refractivity contribution in [2.24, 2.45) is 0 Å². The van der Waals surface area contributed by atoms with E-state index in [1.807, 2.05) is 41.3 Å². The van der Waals surface area contributed by atoms with Crippen molar-refractivity contribution in [2.75, 3.05) is 32.1 Å². The van der Waals surface area contributed by atoms with Gasteiger partial charge in [-0.2, -0.15) is 0 Å². The van der Waals surface area contributed by atoms with Gasteiger partial charge in [-0.15, -0.1) is 0 Å². The minimum absolute atomic E-state index is 0.00428. The van der Waals surface area contributed by atoms with E-state index in [0.29, 0.717) is 10.6 Å². The van der Waals surface area contributed by atoms with Gasteiger partial charge in [0, 0.05) is 35.6 Å². The topological polar surface area (TPSA) is 36.4 Å². The quantitative estimate of drug-likeness (QED) is 0.469. The van der Waals surface area contributed by atoms with Crippen molar-refractivity contribution in [3.05, 3.63) is 88.6 Å². The van der Waals surface area contributed by atoms with Crippen molar-refractivity contribution in [1.29, 1.82) is 0 Å². The van der Waals surface area contributed by atoms with Crippen LogP contribution in [0.4, 0.5) is 5.69 Å². The zero-order valence-electron chi connectivity index (χ0n) is 18.6. The SMILES string of the molecule is CN(C)CCC=Cc1ccc2c(c1)CCCN2C(=O)c1ccc(-c2ccc(Cl)cc2)nc1. The number of fused-ring (bicyclic) bond motifs is 1. The van der Waals surface area contributed by atoms with E-state index < -0.39 is 0 Å². The lowest BCUT2D eigenvalue weighted by Crippen LogP contribution is -2.35. The van der Waals surface area contributed by atoms with Gasteiger partial charge in [0.2, 0.25) is 0 Å². The van der Waals surface area contributed by atoms with Crippen LogP contribution in [-0.4, -0.2) is 43.0 Å². The summed E-state index contributed by atoms with van der Waals surface area (Å²) >= 11 is 5.97. The first kappa shape index (κ1) is 22.3. The monoisotopic (exact) mass is 445 g/mol. The van der Waals surface area contributed by atoms with Crippen LogP contribution < -0.4 is 4.90 Å². The fourth-order valence-corrected chi connectivity index (χ4v) is 4.08. The van der Waals surface area contributed by atoms with E-state index >= 15 is 0 Å². The molecule has 2 heterocycles. The van der Waals surface area contributed by atoms with Crippen LogP contribution in [0.15, 0.2) is 66.9 Å². The van der Waals surface area contributed by atoms with Crippen LogP contribution in [0.25, 0.3) is 17.3 Å². The van der Waals surface area contributed by atoms with Gasteiger partial charge in [0.15, 0.2) is 0 Å². The summed E-state index contributed by atoms with van der Waals surface area (Å²) in [5, 5.41) is 0.691. The second kappa shape index (κ2) is 10.1. The third kappa shape index (κ3) is 5.26. The highest BCUT2D eigenvalue weighted by Gasteiger charge is 2.24. The Morgan fingerprint density at radius 1 is 1.12 bits per heavy atom. The average Bonchev–Trinajstić information content (AvgIpc) is 2.81. The van der Waals surface area contributed by atoms with Crippen LogP contribution in [-0.2, 0) is 6.42 Å². The lowest BCUT2D eigenvalue weighted by atomic mass is 9.98. The standard InChI is InChI=1S/C27H28ClN3O/c1-30(2)16-4-3-6-20-8-15-26-22(18-20)7-5-17-31(26)27(32)23-11-14-25(29-19-23)21-9-12-24(28)13-10-21/h3,6,8-15,18-19H,4-5,7,16-17H2,1-2H3. The summed E-state index contributed by atoms with van der Waals surface area (Å²) in [5.41, 5.74) is 5.82. The predicted octanol–water partition coefficient (Wildman–Crippen LogP) is 5.96. The minimum Gasteiger partial charge on any atom is -0.309 e. The van der Waals surface area contributed by atoms with Gasteiger partial charge in [0.25, 0.3) is 5.91 Å². The number of hydrogen-bond donors (Lipinski definition) is 0. The fourth-order valence-electron chi connectivity index (χ4n) is 3.95. The van der Waals surface area contributed by atoms with Gasteiger partial charge >= 0.3 is 0 Å². The molecular formula is C27H28ClN3O. The molecule has 0 bridgehead atoms. The van der Waals surface area contributed by atoms with E-state index in [4.69, 9.17) is 11.6 Å². The summed E-state index contributed by atoms with van der Waals surface area (Å²) in [7, 11) is 4.16. The van der Waals surface area contributed by atoms with Crippen molar-refractivity contribution in [2.45, 2.75) is 19.3 Å². The molecule has 5 heteroatoms. The number of carbonyl (C=O) groups excluding carboxylic acids is 1. The van der Waals surface area contributed by atoms with Gasteiger partial charge in [-0.3, -0.25) is 9.78 Å². The molecule has 3 aromatic rings. The van der Waals surface area contributed by atoms with E-state index in [-0.39, 0.29) is 5.91 Å². The van der Waals surface area contributed by atoms with E-state index in [0.717, 1.165) is 49.3 Å². The van der Waals surface area contributed by atoms with Gasteiger partial charge in [0.05, 0.1) is 11.3 Å². The van der Waals surface area contributed by atoms with Crippen LogP contribution in [0.2, 0.25) is 5.02 Å². The minimum atomic E-state index is -0.00428. The molecule has 0 aliphatic carbocycles. The molecule has 4 nitrogen and oxygen atoms in total. The maximum atomic E-state index is 13.3. The second-order valence-corrected chi connectivity index (χ2v) is 8.82. The fraction of sp³-hybridized carbons (Fsp3) is 0.259. The lowest BCUT2D eigenvalue weighted by molar-refractivity contribution is 0.0985. The molecule has 1 aliphatic heterocycles. The van der Waals surface area contributed by atoms with Crippen LogP contribution in [0.3, 0.4) is 0 Å². The van der Waals surface area contributed by atoms with Gasteiger partial charge in [-0.1, -0.05) is 42.0 Å². The Bertz CT molecular complexity index is 1100. The number of hydrogen-bond acceptors (Lipinski definition) is 3. The van der Waals surface area contributed by atoms with Crippen molar-refractivity contribution in [3.63, 3.8) is 0 Å². The first-order valence-corrected chi connectivity index (χ1v) is 11.4. The first-order valence-electron chi connectivity index (χ1n) is 11.0. The summed E-state index contributed by atoms with van der Waals surface area (Å²) < 4.78 is 0. The zero-order chi connectivity index (χ0) is 22.5. The van der Waals surface area contributed by atoms with Gasteiger partial charge in [0.1, 0.15) is 0 Å². The number of pyridine rings is 1. The maximum absolute atomic E-state index is 13.3. The number of carbonyl (C=O) groups is 1. The first-order chi connectivity index (χ1) is 15.5. The van der Waals surface area contributed by atoms with Crippen LogP contribution in [0, 0.1) is 0 Å². The van der Waals surface area contributed by atoms with Gasteiger partial charge < -0.3 is 9.80 Å². The maximum Gasteiger partial charge on any atom is 0.259 e. The highest BCUT2D eigenvalue weighted by molar-refractivity contribution is 6.30. The molecule has 0 saturated carbocycles. The van der Waals surface area contributed by atoms with Crippen molar-refractivity contribution in [1.82, 2.24) is 9.88 Å². The second-order valence-electron chi connectivity index (χ2n) is 8.38. The summed E-state index contributed by atoms with van der Waals surface area (Å²) in [6.45, 7) is 1.76. The number of rotatable bonds is 6. The zero-order valence-corrected chi connectivity index (χ0v) is 19.3. The largest absolute Gasteiger partial charge is 0.309 e. The molecule has 0 N–H and O–H groups in total. The lowest BCUT2D eigenvalue weighted by Gasteiger charge is -2.30. The smallest absolute Gasteiger partial charge is 0.259 e. The molecule has 0 radical (unpaired) electrons. The molecule has 0 unspecified atom stereocenters. The molecule has 164 valence electrons. The third-order valence-electron chi connectivity index (χ3n) is 5.67. The molecular weight excluding hydrogens is 418 g/mol. The molecule has 1 aromatic heterocycles. The van der Waals surface area contributed by atoms with Gasteiger partial charge in [-0.25, -0.2) is 0 Å². The van der Waals surface area contributed by atoms with Crippen molar-refractivity contribution < 1.29 is 4.79 Å². The summed E-state index contributed by atoms with van der Waals surface area (Å²) in [5.74, 6) is -0.00428.